The summed E-state index contributed by atoms with van der Waals surface area (Å²) in [6.45, 7) is 3.05. The molecule has 0 radical (unpaired) electrons. The van der Waals surface area contributed by atoms with Crippen molar-refractivity contribution in [2.45, 2.75) is 29.2 Å². The quantitative estimate of drug-likeness (QED) is 0.0627. The molecule has 1 saturated heterocycles. The lowest BCUT2D eigenvalue weighted by Crippen LogP contribution is -2.37. The van der Waals surface area contributed by atoms with E-state index >= 15 is 0 Å². The monoisotopic (exact) mass is 506 g/mol. The molecule has 2 aromatic carbocycles. The minimum absolute atomic E-state index is 0.0536. The van der Waals surface area contributed by atoms with Crippen LogP contribution < -0.4 is 38.0 Å². The second-order valence-electron chi connectivity index (χ2n) is 7.83. The third-order valence-corrected chi connectivity index (χ3v) is 8.12. The number of hydrazine groups is 1. The first kappa shape index (κ1) is 24.2. The summed E-state index contributed by atoms with van der Waals surface area (Å²) < 4.78 is 41.9. The van der Waals surface area contributed by atoms with Gasteiger partial charge in [0, 0.05) is 23.7 Å². The number of imidazole rings is 1. The Morgan fingerprint density at radius 2 is 2.03 bits per heavy atom. The number of hydrogen-bond donors (Lipinski definition) is 8. The molecule has 1 aromatic heterocycles. The number of aromatic amines is 1. The Labute approximate surface area is 199 Å². The third kappa shape index (κ3) is 4.41. The van der Waals surface area contributed by atoms with Crippen LogP contribution in [-0.2, 0) is 21.4 Å². The van der Waals surface area contributed by atoms with E-state index in [4.69, 9.17) is 22.4 Å². The van der Waals surface area contributed by atoms with Gasteiger partial charge in [0.05, 0.1) is 28.0 Å². The largest absolute Gasteiger partial charge is 0.593 e. The van der Waals surface area contributed by atoms with E-state index in [0.29, 0.717) is 41.7 Å². The molecule has 182 valence electrons. The van der Waals surface area contributed by atoms with Crippen molar-refractivity contribution in [3.8, 4) is 11.1 Å². The predicted molar refractivity (Wildman–Crippen MR) is 131 cm³/mol. The Bertz CT molecular complexity index is 1360. The molecule has 3 aromatic rings. The number of hydrazone groups is 1. The van der Waals surface area contributed by atoms with Crippen LogP contribution >= 0.6 is 0 Å². The van der Waals surface area contributed by atoms with E-state index < -0.39 is 21.4 Å². The number of rotatable bonds is 7. The summed E-state index contributed by atoms with van der Waals surface area (Å²) in [5, 5.41) is 12.7. The summed E-state index contributed by atoms with van der Waals surface area (Å²) in [6.07, 6.45) is 0.619. The molecule has 4 rings (SSSR count). The molecule has 0 bridgehead atoms. The van der Waals surface area contributed by atoms with Gasteiger partial charge in [0.15, 0.2) is 11.8 Å². The summed E-state index contributed by atoms with van der Waals surface area (Å²) in [7, 11) is -4.10. The number of fused-ring (bicyclic) bond motifs is 1. The van der Waals surface area contributed by atoms with Gasteiger partial charge in [-0.2, -0.15) is 0 Å². The van der Waals surface area contributed by atoms with Crippen LogP contribution in [0.5, 0.6) is 0 Å². The van der Waals surface area contributed by atoms with E-state index in [1.54, 1.807) is 12.1 Å². The topological polar surface area (TPSA) is 238 Å². The van der Waals surface area contributed by atoms with Crippen LogP contribution in [0.3, 0.4) is 0 Å². The van der Waals surface area contributed by atoms with Crippen molar-refractivity contribution in [1.82, 2.24) is 25.5 Å². The Morgan fingerprint density at radius 3 is 2.68 bits per heavy atom. The first-order valence-electron chi connectivity index (χ1n) is 10.2. The third-order valence-electron chi connectivity index (χ3n) is 5.60. The summed E-state index contributed by atoms with van der Waals surface area (Å²) in [4.78, 5) is 6.90. The fourth-order valence-corrected chi connectivity index (χ4v) is 6.69. The van der Waals surface area contributed by atoms with E-state index in [2.05, 4.69) is 30.6 Å². The fraction of sp³-hybridized carbons (Fsp3) is 0.263. The van der Waals surface area contributed by atoms with Crippen molar-refractivity contribution >= 4 is 44.2 Å². The molecular weight excluding hydrogens is 480 g/mol. The molecule has 1 aliphatic heterocycles. The van der Waals surface area contributed by atoms with Crippen LogP contribution in [0.25, 0.3) is 22.2 Å². The van der Waals surface area contributed by atoms with E-state index in [-0.39, 0.29) is 33.2 Å². The fourth-order valence-electron chi connectivity index (χ4n) is 4.08. The summed E-state index contributed by atoms with van der Waals surface area (Å²) in [5.41, 5.74) is 17.3. The van der Waals surface area contributed by atoms with E-state index in [0.717, 1.165) is 5.56 Å². The van der Waals surface area contributed by atoms with Gasteiger partial charge in [-0.15, -0.1) is 10.2 Å². The van der Waals surface area contributed by atoms with Crippen LogP contribution in [-0.4, -0.2) is 47.9 Å². The number of hydrogen-bond acceptors (Lipinski definition) is 10. The molecule has 13 nitrogen and oxygen atoms in total. The highest BCUT2D eigenvalue weighted by atomic mass is 32.2. The first-order valence-corrected chi connectivity index (χ1v) is 12.9. The van der Waals surface area contributed by atoms with Gasteiger partial charge >= 0.3 is 0 Å². The molecule has 0 aliphatic carbocycles. The number of nitrogens with two attached hydrogens (primary N) is 4. The molecule has 12 N–H and O–H groups in total. The maximum absolute atomic E-state index is 13.3. The number of amidine groups is 1. The Balaban J connectivity index is 2.01. The number of nitrogens with one attached hydrogen (secondary N) is 4. The Hall–Kier alpha value is -2.92. The number of nitrogens with zero attached hydrogens (tertiary/aromatic N) is 2. The average Bonchev–Trinajstić information content (AvgIpc) is 3.42. The molecule has 2 unspecified atom stereocenters. The van der Waals surface area contributed by atoms with Gasteiger partial charge in [0.2, 0.25) is 14.9 Å². The molecule has 0 amide bonds. The second-order valence-corrected chi connectivity index (χ2v) is 10.5. The van der Waals surface area contributed by atoms with Crippen LogP contribution in [0.1, 0.15) is 17.5 Å². The van der Waals surface area contributed by atoms with Crippen molar-refractivity contribution < 1.29 is 13.0 Å². The highest BCUT2D eigenvalue weighted by Crippen LogP contribution is 2.37. The minimum Gasteiger partial charge on any atom is -0.593 e. The molecule has 1 fully saturated rings. The molecule has 34 heavy (non-hydrogen) atoms. The molecule has 0 spiro atoms. The second kappa shape index (κ2) is 9.38. The maximum Gasteiger partial charge on any atom is 0.245 e. The van der Waals surface area contributed by atoms with E-state index in [1.165, 1.54) is 6.07 Å². The lowest BCUT2D eigenvalue weighted by atomic mass is 9.96. The Kier molecular flexibility index (Phi) is 6.68. The van der Waals surface area contributed by atoms with Gasteiger partial charge in [-0.05, 0) is 31.5 Å². The van der Waals surface area contributed by atoms with Crippen molar-refractivity contribution in [2.24, 2.45) is 21.8 Å². The number of nitrogen functional groups attached to an aromatic ring is 1. The lowest BCUT2D eigenvalue weighted by Gasteiger charge is -2.19. The standard InChI is InChI=1S/C19H26N10O3S2/c1-9-2-3-12(16-15(9)25-19(21)26-16)11-4-5-13(34(31,32)28-10-6-7-24-8-10)17(33(23)30)14(11)18(20)27-29-22/h2-5,10,24,28-29H,6-8,22-23H2,1H3,(H2,20,27)(H3,21,25,26). The maximum atomic E-state index is 13.3. The van der Waals surface area contributed by atoms with Crippen molar-refractivity contribution in [1.29, 1.82) is 0 Å². The van der Waals surface area contributed by atoms with Gasteiger partial charge in [-0.3, -0.25) is 0 Å². The van der Waals surface area contributed by atoms with E-state index in [9.17, 15) is 13.0 Å². The van der Waals surface area contributed by atoms with Crippen molar-refractivity contribution in [3.05, 3.63) is 35.4 Å². The van der Waals surface area contributed by atoms with Crippen LogP contribution in [0.2, 0.25) is 0 Å². The number of anilines is 1. The molecule has 2 atom stereocenters. The summed E-state index contributed by atoms with van der Waals surface area (Å²) in [6, 6.07) is 6.19. The molecule has 15 heteroatoms. The number of aryl methyl sites for hydroxylation is 1. The smallest absolute Gasteiger partial charge is 0.245 e. The lowest BCUT2D eigenvalue weighted by molar-refractivity contribution is 0.555. The number of benzene rings is 2. The van der Waals surface area contributed by atoms with E-state index in [1.807, 2.05) is 13.0 Å². The van der Waals surface area contributed by atoms with Crippen LogP contribution in [0.15, 0.2) is 39.2 Å². The minimum atomic E-state index is -4.10. The Morgan fingerprint density at radius 1 is 1.29 bits per heavy atom. The normalized spacial score (nSPS) is 17.9. The zero-order valence-corrected chi connectivity index (χ0v) is 19.9. The number of aromatic nitrogens is 2. The van der Waals surface area contributed by atoms with Gasteiger partial charge in [0.1, 0.15) is 4.90 Å². The molecular formula is C19H26N10O3S2. The van der Waals surface area contributed by atoms with Gasteiger partial charge in [-0.25, -0.2) is 29.5 Å². The van der Waals surface area contributed by atoms with Crippen LogP contribution in [0, 0.1) is 6.92 Å². The number of sulfonamides is 1. The van der Waals surface area contributed by atoms with Gasteiger partial charge in [-0.1, -0.05) is 18.2 Å². The van der Waals surface area contributed by atoms with Crippen LogP contribution in [0.4, 0.5) is 5.95 Å². The van der Waals surface area contributed by atoms with Crippen molar-refractivity contribution in [2.75, 3.05) is 18.8 Å². The predicted octanol–water partition coefficient (Wildman–Crippen LogP) is -1.17. The summed E-state index contributed by atoms with van der Waals surface area (Å²) >= 11 is -2.26. The molecule has 1 aliphatic rings. The van der Waals surface area contributed by atoms with Gasteiger partial charge < -0.3 is 26.3 Å². The first-order chi connectivity index (χ1) is 16.1. The highest BCUT2D eigenvalue weighted by molar-refractivity contribution is 7.92. The zero-order valence-electron chi connectivity index (χ0n) is 18.3. The van der Waals surface area contributed by atoms with Crippen molar-refractivity contribution in [3.63, 3.8) is 0 Å². The average molecular weight is 507 g/mol. The number of H-pyrrole nitrogens is 1. The zero-order chi connectivity index (χ0) is 24.6. The van der Waals surface area contributed by atoms with Gasteiger partial charge in [0.25, 0.3) is 0 Å². The summed E-state index contributed by atoms with van der Waals surface area (Å²) in [5.74, 6) is 5.33. The molecule has 2 heterocycles. The SMILES string of the molecule is Cc1ccc(-c2ccc(S(=O)(=O)NC3CCNC3)c([S+](N)[O-])c2/C(N)=N/NN)c2nc(N)[nH]c12. The molecule has 0 saturated carbocycles. The highest BCUT2D eigenvalue weighted by Gasteiger charge is 2.34.